The molecule has 0 aliphatic carbocycles. The molecule has 0 saturated heterocycles. The lowest BCUT2D eigenvalue weighted by molar-refractivity contribution is -0.116. The lowest BCUT2D eigenvalue weighted by Crippen LogP contribution is -2.13. The third-order valence-corrected chi connectivity index (χ3v) is 3.51. The first-order chi connectivity index (χ1) is 9.15. The minimum Gasteiger partial charge on any atom is -0.337 e. The fraction of sp³-hybridized carbons (Fsp3) is 0.308. The van der Waals surface area contributed by atoms with E-state index in [1.807, 2.05) is 23.8 Å². The van der Waals surface area contributed by atoms with Gasteiger partial charge in [-0.3, -0.25) is 4.79 Å². The first-order valence-electron chi connectivity index (χ1n) is 6.04. The number of pyridine rings is 1. The summed E-state index contributed by atoms with van der Waals surface area (Å²) in [5, 5.41) is 2.79. The number of aryl methyl sites for hydroxylation is 2. The van der Waals surface area contributed by atoms with Crippen molar-refractivity contribution in [1.82, 2.24) is 14.5 Å². The number of halogens is 1. The molecule has 6 heteroatoms. The van der Waals surface area contributed by atoms with Crippen molar-refractivity contribution >= 4 is 27.7 Å². The number of anilines is 1. The second-order valence-electron chi connectivity index (χ2n) is 4.22. The van der Waals surface area contributed by atoms with Crippen LogP contribution in [0.3, 0.4) is 0 Å². The molecule has 0 bridgehead atoms. The van der Waals surface area contributed by atoms with Crippen molar-refractivity contribution in [2.24, 2.45) is 0 Å². The summed E-state index contributed by atoms with van der Waals surface area (Å²) in [5.74, 6) is 0.572. The van der Waals surface area contributed by atoms with Crippen LogP contribution in [0.5, 0.6) is 0 Å². The second-order valence-corrected chi connectivity index (χ2v) is 5.07. The van der Waals surface area contributed by atoms with E-state index in [2.05, 4.69) is 31.2 Å². The van der Waals surface area contributed by atoms with Crippen LogP contribution < -0.4 is 5.32 Å². The number of hydrogen-bond donors (Lipinski definition) is 1. The lowest BCUT2D eigenvalue weighted by atomic mass is 10.3. The first kappa shape index (κ1) is 13.7. The van der Waals surface area contributed by atoms with E-state index in [4.69, 9.17) is 0 Å². The molecule has 1 amide bonds. The van der Waals surface area contributed by atoms with Crippen LogP contribution in [0.2, 0.25) is 0 Å². The van der Waals surface area contributed by atoms with Gasteiger partial charge in [-0.1, -0.05) is 0 Å². The predicted molar refractivity (Wildman–Crippen MR) is 76.8 cm³/mol. The number of amides is 1. The maximum absolute atomic E-state index is 11.7. The summed E-state index contributed by atoms with van der Waals surface area (Å²) < 4.78 is 2.89. The highest BCUT2D eigenvalue weighted by atomic mass is 79.9. The van der Waals surface area contributed by atoms with Gasteiger partial charge in [0.25, 0.3) is 0 Å². The Kier molecular flexibility index (Phi) is 4.68. The largest absolute Gasteiger partial charge is 0.337 e. The van der Waals surface area contributed by atoms with Gasteiger partial charge in [-0.2, -0.15) is 0 Å². The summed E-state index contributed by atoms with van der Waals surface area (Å²) >= 11 is 3.38. The summed E-state index contributed by atoms with van der Waals surface area (Å²) in [6.45, 7) is 2.68. The Morgan fingerprint density at radius 2 is 2.32 bits per heavy atom. The van der Waals surface area contributed by atoms with E-state index in [0.29, 0.717) is 12.2 Å². The maximum atomic E-state index is 11.7. The SMILES string of the molecule is Cc1nc(NC(=O)CCCn2ccnc2)ccc1Br. The zero-order chi connectivity index (χ0) is 13.7. The number of aromatic nitrogens is 3. The van der Waals surface area contributed by atoms with Crippen molar-refractivity contribution in [3.8, 4) is 0 Å². The number of nitrogens with one attached hydrogen (secondary N) is 1. The molecule has 19 heavy (non-hydrogen) atoms. The summed E-state index contributed by atoms with van der Waals surface area (Å²) in [6, 6.07) is 3.66. The number of carbonyl (C=O) groups excluding carboxylic acids is 1. The molecule has 0 radical (unpaired) electrons. The van der Waals surface area contributed by atoms with Crippen molar-refractivity contribution < 1.29 is 4.79 Å². The van der Waals surface area contributed by atoms with Gasteiger partial charge in [0.2, 0.25) is 5.91 Å². The van der Waals surface area contributed by atoms with Crippen LogP contribution in [0.15, 0.2) is 35.3 Å². The molecule has 0 atom stereocenters. The third kappa shape index (κ3) is 4.17. The second kappa shape index (κ2) is 6.47. The average Bonchev–Trinajstić information content (AvgIpc) is 2.87. The van der Waals surface area contributed by atoms with Gasteiger partial charge in [-0.25, -0.2) is 9.97 Å². The molecule has 0 aliphatic heterocycles. The Morgan fingerprint density at radius 1 is 1.47 bits per heavy atom. The molecule has 0 saturated carbocycles. The maximum Gasteiger partial charge on any atom is 0.225 e. The van der Waals surface area contributed by atoms with Crippen LogP contribution in [0.25, 0.3) is 0 Å². The van der Waals surface area contributed by atoms with Crippen LogP contribution in [0, 0.1) is 6.92 Å². The summed E-state index contributed by atoms with van der Waals surface area (Å²) in [4.78, 5) is 20.0. The molecule has 2 heterocycles. The predicted octanol–water partition coefficient (Wildman–Crippen LogP) is 2.77. The van der Waals surface area contributed by atoms with Gasteiger partial charge in [-0.05, 0) is 41.4 Å². The molecule has 2 aromatic heterocycles. The molecule has 5 nitrogen and oxygen atoms in total. The fourth-order valence-electron chi connectivity index (χ4n) is 1.66. The molecule has 0 aliphatic rings. The molecule has 0 aromatic carbocycles. The Morgan fingerprint density at radius 3 is 3.00 bits per heavy atom. The van der Waals surface area contributed by atoms with Gasteiger partial charge in [0.15, 0.2) is 0 Å². The highest BCUT2D eigenvalue weighted by molar-refractivity contribution is 9.10. The van der Waals surface area contributed by atoms with E-state index < -0.39 is 0 Å². The standard InChI is InChI=1S/C13H15BrN4O/c1-10-11(14)4-5-12(16-10)17-13(19)3-2-7-18-8-6-15-9-18/h4-6,8-9H,2-3,7H2,1H3,(H,16,17,19). The topological polar surface area (TPSA) is 59.8 Å². The minimum absolute atomic E-state index is 0.0191. The van der Waals surface area contributed by atoms with Crippen LogP contribution in [0.4, 0.5) is 5.82 Å². The van der Waals surface area contributed by atoms with E-state index in [1.54, 1.807) is 18.6 Å². The molecule has 0 fully saturated rings. The fourth-order valence-corrected chi connectivity index (χ4v) is 1.88. The quantitative estimate of drug-likeness (QED) is 0.920. The van der Waals surface area contributed by atoms with Gasteiger partial charge >= 0.3 is 0 Å². The zero-order valence-corrected chi connectivity index (χ0v) is 12.2. The minimum atomic E-state index is -0.0191. The first-order valence-corrected chi connectivity index (χ1v) is 6.83. The normalized spacial score (nSPS) is 10.4. The van der Waals surface area contributed by atoms with Gasteiger partial charge in [-0.15, -0.1) is 0 Å². The molecular formula is C13H15BrN4O. The van der Waals surface area contributed by atoms with Crippen molar-refractivity contribution in [3.05, 3.63) is 41.0 Å². The van der Waals surface area contributed by atoms with E-state index >= 15 is 0 Å². The highest BCUT2D eigenvalue weighted by Crippen LogP contribution is 2.16. The molecule has 1 N–H and O–H groups in total. The van der Waals surface area contributed by atoms with Gasteiger partial charge < -0.3 is 9.88 Å². The van der Waals surface area contributed by atoms with E-state index in [-0.39, 0.29) is 5.91 Å². The molecule has 2 rings (SSSR count). The van der Waals surface area contributed by atoms with Crippen molar-refractivity contribution in [1.29, 1.82) is 0 Å². The van der Waals surface area contributed by atoms with Gasteiger partial charge in [0, 0.05) is 29.8 Å². The Labute approximate surface area is 120 Å². The average molecular weight is 323 g/mol. The van der Waals surface area contributed by atoms with Gasteiger partial charge in [0.1, 0.15) is 5.82 Å². The molecular weight excluding hydrogens is 308 g/mol. The highest BCUT2D eigenvalue weighted by Gasteiger charge is 2.04. The zero-order valence-electron chi connectivity index (χ0n) is 10.6. The van der Waals surface area contributed by atoms with Crippen molar-refractivity contribution in [3.63, 3.8) is 0 Å². The number of rotatable bonds is 5. The molecule has 0 spiro atoms. The molecule has 100 valence electrons. The van der Waals surface area contributed by atoms with Gasteiger partial charge in [0.05, 0.1) is 12.0 Å². The lowest BCUT2D eigenvalue weighted by Gasteiger charge is -2.06. The van der Waals surface area contributed by atoms with Crippen molar-refractivity contribution in [2.45, 2.75) is 26.3 Å². The van der Waals surface area contributed by atoms with Crippen molar-refractivity contribution in [2.75, 3.05) is 5.32 Å². The van der Waals surface area contributed by atoms with E-state index in [1.165, 1.54) is 0 Å². The Balaban J connectivity index is 1.79. The van der Waals surface area contributed by atoms with Crippen LogP contribution in [-0.4, -0.2) is 20.4 Å². The summed E-state index contributed by atoms with van der Waals surface area (Å²) in [5.41, 5.74) is 0.858. The monoisotopic (exact) mass is 322 g/mol. The van der Waals surface area contributed by atoms with E-state index in [9.17, 15) is 4.79 Å². The molecule has 0 unspecified atom stereocenters. The van der Waals surface area contributed by atoms with Crippen LogP contribution in [-0.2, 0) is 11.3 Å². The number of nitrogens with zero attached hydrogens (tertiary/aromatic N) is 3. The molecule has 2 aromatic rings. The summed E-state index contributed by atoms with van der Waals surface area (Å²) in [7, 11) is 0. The smallest absolute Gasteiger partial charge is 0.225 e. The van der Waals surface area contributed by atoms with E-state index in [0.717, 1.165) is 23.1 Å². The number of hydrogen-bond acceptors (Lipinski definition) is 3. The number of carbonyl (C=O) groups is 1. The summed E-state index contributed by atoms with van der Waals surface area (Å²) in [6.07, 6.45) is 6.61. The number of imidazole rings is 1. The Hall–Kier alpha value is -1.69. The van der Waals surface area contributed by atoms with Crippen LogP contribution in [0.1, 0.15) is 18.5 Å². The Bertz CT molecular complexity index is 554. The third-order valence-electron chi connectivity index (χ3n) is 2.67. The van der Waals surface area contributed by atoms with Crippen LogP contribution >= 0.6 is 15.9 Å².